The monoisotopic (exact) mass is 379 g/mol. The molecular weight excluding hydrogens is 363 g/mol. The van der Waals surface area contributed by atoms with Crippen LogP contribution < -0.4 is 10.9 Å². The third kappa shape index (κ3) is 3.20. The number of hydrogen-bond donors (Lipinski definition) is 1. The summed E-state index contributed by atoms with van der Waals surface area (Å²) in [5, 5.41) is 2.36. The fourth-order valence-electron chi connectivity index (χ4n) is 3.06. The summed E-state index contributed by atoms with van der Waals surface area (Å²) in [7, 11) is 1.55. The van der Waals surface area contributed by atoms with E-state index in [1.807, 2.05) is 0 Å². The zero-order chi connectivity index (χ0) is 20.0. The van der Waals surface area contributed by atoms with E-state index in [0.29, 0.717) is 5.56 Å². The van der Waals surface area contributed by atoms with E-state index >= 15 is 0 Å². The number of carbonyl (C=O) groups excluding carboxylic acids is 2. The van der Waals surface area contributed by atoms with Crippen LogP contribution in [0.25, 0.3) is 0 Å². The van der Waals surface area contributed by atoms with Crippen molar-refractivity contribution >= 4 is 11.9 Å². The number of aromatic nitrogens is 1. The van der Waals surface area contributed by atoms with Gasteiger partial charge in [-0.1, -0.05) is 18.2 Å². The zero-order valence-corrected chi connectivity index (χ0v) is 14.5. The quantitative estimate of drug-likeness (QED) is 0.833. The number of urea groups is 1. The highest BCUT2D eigenvalue weighted by Gasteiger charge is 2.52. The second kappa shape index (κ2) is 6.26. The molecule has 1 aromatic carbocycles. The number of benzene rings is 1. The Balaban J connectivity index is 1.98. The minimum Gasteiger partial charge on any atom is -0.319 e. The molecule has 0 aliphatic carbocycles. The van der Waals surface area contributed by atoms with Crippen molar-refractivity contribution in [2.75, 3.05) is 0 Å². The Hall–Kier alpha value is -3.10. The predicted molar refractivity (Wildman–Crippen MR) is 89.6 cm³/mol. The Morgan fingerprint density at radius 2 is 1.78 bits per heavy atom. The summed E-state index contributed by atoms with van der Waals surface area (Å²) < 4.78 is 41.4. The highest BCUT2D eigenvalue weighted by atomic mass is 19.4. The van der Waals surface area contributed by atoms with Gasteiger partial charge in [0, 0.05) is 19.3 Å². The topological polar surface area (TPSA) is 71.4 Å². The van der Waals surface area contributed by atoms with Gasteiger partial charge in [0.2, 0.25) is 0 Å². The SMILES string of the molecule is Cn1ccc(CN2C(=O)N[C@](C)(c3ccccc3C(F)(F)F)C2=O)cc1=O. The van der Waals surface area contributed by atoms with Crippen LogP contribution in [-0.2, 0) is 30.1 Å². The smallest absolute Gasteiger partial charge is 0.319 e. The summed E-state index contributed by atoms with van der Waals surface area (Å²) in [5.41, 5.74) is -3.11. The molecule has 1 aliphatic heterocycles. The molecule has 142 valence electrons. The number of imide groups is 1. The number of pyridine rings is 1. The van der Waals surface area contributed by atoms with Crippen molar-refractivity contribution in [1.82, 2.24) is 14.8 Å². The van der Waals surface area contributed by atoms with Crippen LogP contribution in [0, 0.1) is 0 Å². The maximum absolute atomic E-state index is 13.3. The third-order valence-corrected chi connectivity index (χ3v) is 4.56. The second-order valence-corrected chi connectivity index (χ2v) is 6.47. The van der Waals surface area contributed by atoms with Gasteiger partial charge in [-0.25, -0.2) is 4.79 Å². The van der Waals surface area contributed by atoms with Crippen molar-refractivity contribution in [3.63, 3.8) is 0 Å². The molecule has 3 amide bonds. The molecule has 1 aliphatic rings. The van der Waals surface area contributed by atoms with E-state index in [-0.39, 0.29) is 17.7 Å². The van der Waals surface area contributed by atoms with Crippen LogP contribution in [0.15, 0.2) is 47.4 Å². The minimum atomic E-state index is -4.68. The Morgan fingerprint density at radius 3 is 2.41 bits per heavy atom. The molecule has 1 atom stereocenters. The van der Waals surface area contributed by atoms with E-state index in [0.717, 1.165) is 11.0 Å². The normalized spacial score (nSPS) is 20.1. The van der Waals surface area contributed by atoms with Gasteiger partial charge >= 0.3 is 12.2 Å². The molecule has 0 spiro atoms. The molecule has 0 radical (unpaired) electrons. The predicted octanol–water partition coefficient (Wildman–Crippen LogP) is 2.37. The number of alkyl halides is 3. The Morgan fingerprint density at radius 1 is 1.11 bits per heavy atom. The lowest BCUT2D eigenvalue weighted by molar-refractivity contribution is -0.140. The van der Waals surface area contributed by atoms with Crippen LogP contribution in [0.5, 0.6) is 0 Å². The minimum absolute atomic E-state index is 0.218. The molecule has 1 aromatic heterocycles. The molecule has 1 saturated heterocycles. The van der Waals surface area contributed by atoms with Gasteiger partial charge < -0.3 is 9.88 Å². The van der Waals surface area contributed by atoms with Gasteiger partial charge in [0.25, 0.3) is 11.5 Å². The van der Waals surface area contributed by atoms with Gasteiger partial charge in [0.05, 0.1) is 12.1 Å². The molecule has 0 saturated carbocycles. The first kappa shape index (κ1) is 18.7. The fraction of sp³-hybridized carbons (Fsp3) is 0.278. The Kier molecular flexibility index (Phi) is 4.33. The first-order chi connectivity index (χ1) is 12.5. The lowest BCUT2D eigenvalue weighted by Gasteiger charge is -2.25. The number of nitrogens with one attached hydrogen (secondary N) is 1. The average molecular weight is 379 g/mol. The van der Waals surface area contributed by atoms with Gasteiger partial charge in [-0.2, -0.15) is 13.2 Å². The van der Waals surface area contributed by atoms with E-state index in [2.05, 4.69) is 5.32 Å². The molecule has 2 heterocycles. The van der Waals surface area contributed by atoms with E-state index < -0.39 is 29.2 Å². The summed E-state index contributed by atoms with van der Waals surface area (Å²) in [6.45, 7) is 1.02. The summed E-state index contributed by atoms with van der Waals surface area (Å²) in [5.74, 6) is -0.815. The highest BCUT2D eigenvalue weighted by Crippen LogP contribution is 2.39. The van der Waals surface area contributed by atoms with Crippen molar-refractivity contribution in [2.45, 2.75) is 25.2 Å². The van der Waals surface area contributed by atoms with Gasteiger partial charge in [-0.15, -0.1) is 0 Å². The molecule has 0 bridgehead atoms. The van der Waals surface area contributed by atoms with Crippen LogP contribution in [0.4, 0.5) is 18.0 Å². The van der Waals surface area contributed by atoms with E-state index in [9.17, 15) is 27.6 Å². The van der Waals surface area contributed by atoms with Crippen molar-refractivity contribution in [3.8, 4) is 0 Å². The van der Waals surface area contributed by atoms with Crippen molar-refractivity contribution < 1.29 is 22.8 Å². The molecule has 27 heavy (non-hydrogen) atoms. The van der Waals surface area contributed by atoms with Crippen molar-refractivity contribution in [1.29, 1.82) is 0 Å². The molecule has 1 N–H and O–H groups in total. The first-order valence-electron chi connectivity index (χ1n) is 8.00. The standard InChI is InChI=1S/C18H16F3N3O3/c1-17(12-5-3-4-6-13(12)18(19,20)21)15(26)24(16(27)22-17)10-11-7-8-23(2)14(25)9-11/h3-9H,10H2,1-2H3,(H,22,27)/t17-/m1/s1. The molecule has 3 rings (SSSR count). The molecule has 9 heteroatoms. The van der Waals surface area contributed by atoms with E-state index in [1.54, 1.807) is 13.1 Å². The van der Waals surface area contributed by atoms with E-state index in [4.69, 9.17) is 0 Å². The number of nitrogens with zero attached hydrogens (tertiary/aromatic N) is 2. The number of aryl methyl sites for hydroxylation is 1. The number of halogens is 3. The van der Waals surface area contributed by atoms with Gasteiger partial charge in [0.1, 0.15) is 5.54 Å². The van der Waals surface area contributed by atoms with Crippen LogP contribution >= 0.6 is 0 Å². The second-order valence-electron chi connectivity index (χ2n) is 6.47. The summed E-state index contributed by atoms with van der Waals surface area (Å²) in [6, 6.07) is 6.63. The zero-order valence-electron chi connectivity index (χ0n) is 14.5. The molecule has 1 fully saturated rings. The largest absolute Gasteiger partial charge is 0.416 e. The third-order valence-electron chi connectivity index (χ3n) is 4.56. The highest BCUT2D eigenvalue weighted by molar-refractivity contribution is 6.07. The molecule has 6 nitrogen and oxygen atoms in total. The number of carbonyl (C=O) groups is 2. The Labute approximate surface area is 152 Å². The van der Waals surface area contributed by atoms with Gasteiger partial charge in [0.15, 0.2) is 0 Å². The molecular formula is C18H16F3N3O3. The maximum Gasteiger partial charge on any atom is 0.416 e. The van der Waals surface area contributed by atoms with Crippen molar-refractivity contribution in [3.05, 3.63) is 69.6 Å². The summed E-state index contributed by atoms with van der Waals surface area (Å²) in [6.07, 6.45) is -3.20. The maximum atomic E-state index is 13.3. The number of hydrogen-bond acceptors (Lipinski definition) is 3. The fourth-order valence-corrected chi connectivity index (χ4v) is 3.06. The number of rotatable bonds is 3. The summed E-state index contributed by atoms with van der Waals surface area (Å²) in [4.78, 5) is 37.7. The molecule has 2 aromatic rings. The van der Waals surface area contributed by atoms with Gasteiger partial charge in [-0.05, 0) is 30.2 Å². The number of amides is 3. The van der Waals surface area contributed by atoms with E-state index in [1.165, 1.54) is 42.0 Å². The average Bonchev–Trinajstić information content (AvgIpc) is 2.81. The lowest BCUT2D eigenvalue weighted by atomic mass is 9.87. The Bertz CT molecular complexity index is 984. The van der Waals surface area contributed by atoms with Crippen LogP contribution in [0.2, 0.25) is 0 Å². The lowest BCUT2D eigenvalue weighted by Crippen LogP contribution is -2.42. The first-order valence-corrected chi connectivity index (χ1v) is 8.00. The van der Waals surface area contributed by atoms with Crippen LogP contribution in [-0.4, -0.2) is 21.4 Å². The van der Waals surface area contributed by atoms with Crippen LogP contribution in [0.1, 0.15) is 23.6 Å². The van der Waals surface area contributed by atoms with Crippen LogP contribution in [0.3, 0.4) is 0 Å². The summed E-state index contributed by atoms with van der Waals surface area (Å²) >= 11 is 0. The molecule has 0 unspecified atom stereocenters. The van der Waals surface area contributed by atoms with Gasteiger partial charge in [-0.3, -0.25) is 14.5 Å². The van der Waals surface area contributed by atoms with Crippen molar-refractivity contribution in [2.24, 2.45) is 7.05 Å².